The molecule has 10 nitrogen and oxygen atoms in total. The topological polar surface area (TPSA) is 144 Å². The lowest BCUT2D eigenvalue weighted by Gasteiger charge is -2.22. The SMILES string of the molecule is CC(C)(C)OC(=O)N[C@H](CCCCCC(=O)Cc1ccc(-c2nncnn2)cc1)C(=O)O. The highest BCUT2D eigenvalue weighted by Gasteiger charge is 2.23. The Hall–Kier alpha value is -3.43. The Morgan fingerprint density at radius 1 is 1.03 bits per heavy atom. The van der Waals surface area contributed by atoms with Crippen molar-refractivity contribution in [1.82, 2.24) is 25.7 Å². The summed E-state index contributed by atoms with van der Waals surface area (Å²) >= 11 is 0. The molecule has 0 aliphatic heterocycles. The van der Waals surface area contributed by atoms with E-state index in [1.165, 1.54) is 6.33 Å². The molecule has 0 bridgehead atoms. The van der Waals surface area contributed by atoms with Gasteiger partial charge >= 0.3 is 12.1 Å². The number of benzene rings is 1. The molecule has 1 aromatic carbocycles. The second kappa shape index (κ2) is 11.8. The molecule has 0 aliphatic carbocycles. The van der Waals surface area contributed by atoms with Crippen LogP contribution in [-0.4, -0.2) is 55.0 Å². The molecule has 1 aromatic heterocycles. The van der Waals surface area contributed by atoms with Crippen molar-refractivity contribution >= 4 is 17.8 Å². The summed E-state index contributed by atoms with van der Waals surface area (Å²) in [4.78, 5) is 35.4. The Balaban J connectivity index is 1.69. The molecule has 0 saturated carbocycles. The first kappa shape index (κ1) is 24.8. The summed E-state index contributed by atoms with van der Waals surface area (Å²) in [6.45, 7) is 5.13. The molecular weight excluding hydrogens is 414 g/mol. The molecule has 0 radical (unpaired) electrons. The molecule has 172 valence electrons. The summed E-state index contributed by atoms with van der Waals surface area (Å²) in [5, 5.41) is 26.8. The quantitative estimate of drug-likeness (QED) is 0.501. The summed E-state index contributed by atoms with van der Waals surface area (Å²) in [7, 11) is 0. The number of rotatable bonds is 11. The van der Waals surface area contributed by atoms with Crippen LogP contribution in [0.25, 0.3) is 11.4 Å². The number of amides is 1. The molecule has 10 heteroatoms. The Kier molecular flexibility index (Phi) is 9.18. The van der Waals surface area contributed by atoms with Crippen LogP contribution in [0.1, 0.15) is 58.4 Å². The normalized spacial score (nSPS) is 12.1. The van der Waals surface area contributed by atoms with Gasteiger partial charge in [-0.3, -0.25) is 4.79 Å². The zero-order chi connectivity index (χ0) is 23.6. The Labute approximate surface area is 186 Å². The van der Waals surface area contributed by atoms with E-state index in [4.69, 9.17) is 4.74 Å². The first-order valence-electron chi connectivity index (χ1n) is 10.5. The van der Waals surface area contributed by atoms with Crippen LogP contribution < -0.4 is 5.32 Å². The minimum absolute atomic E-state index is 0.110. The van der Waals surface area contributed by atoms with E-state index >= 15 is 0 Å². The number of nitrogens with one attached hydrogen (secondary N) is 1. The maximum atomic E-state index is 12.2. The maximum Gasteiger partial charge on any atom is 0.408 e. The van der Waals surface area contributed by atoms with Crippen LogP contribution in [0.4, 0.5) is 4.79 Å². The molecule has 0 aliphatic rings. The number of alkyl carbamates (subject to hydrolysis) is 1. The standard InChI is InChI=1S/C22H29N5O5/c1-22(2,3)32-21(31)25-18(20(29)30)8-6-4-5-7-17(28)13-15-9-11-16(12-10-15)19-26-23-14-24-27-19/h9-12,14,18H,4-8,13H2,1-3H3,(H,25,31)(H,29,30)/t18-/m1/s1. The van der Waals surface area contributed by atoms with Crippen molar-refractivity contribution in [3.8, 4) is 11.4 Å². The lowest BCUT2D eigenvalue weighted by atomic mass is 10.0. The van der Waals surface area contributed by atoms with Crippen LogP contribution in [0.2, 0.25) is 0 Å². The minimum atomic E-state index is -1.11. The molecule has 32 heavy (non-hydrogen) atoms. The second-order valence-electron chi connectivity index (χ2n) is 8.42. The van der Waals surface area contributed by atoms with Crippen molar-refractivity contribution in [1.29, 1.82) is 0 Å². The molecule has 0 saturated heterocycles. The Morgan fingerprint density at radius 3 is 2.28 bits per heavy atom. The van der Waals surface area contributed by atoms with Gasteiger partial charge < -0.3 is 15.2 Å². The highest BCUT2D eigenvalue weighted by molar-refractivity contribution is 5.81. The number of carbonyl (C=O) groups excluding carboxylic acids is 2. The van der Waals surface area contributed by atoms with Gasteiger partial charge in [-0.05, 0) is 39.2 Å². The van der Waals surface area contributed by atoms with E-state index in [0.717, 1.165) is 11.1 Å². The van der Waals surface area contributed by atoms with Gasteiger partial charge in [-0.15, -0.1) is 20.4 Å². The van der Waals surface area contributed by atoms with Crippen molar-refractivity contribution in [2.24, 2.45) is 0 Å². The third-order valence-electron chi connectivity index (χ3n) is 4.46. The highest BCUT2D eigenvalue weighted by Crippen LogP contribution is 2.15. The first-order valence-corrected chi connectivity index (χ1v) is 10.5. The molecule has 1 heterocycles. The van der Waals surface area contributed by atoms with E-state index in [1.54, 1.807) is 20.8 Å². The molecule has 1 amide bonds. The third kappa shape index (κ3) is 9.15. The third-order valence-corrected chi connectivity index (χ3v) is 4.46. The van der Waals surface area contributed by atoms with Gasteiger partial charge in [0.05, 0.1) is 0 Å². The lowest BCUT2D eigenvalue weighted by molar-refractivity contribution is -0.139. The van der Waals surface area contributed by atoms with Gasteiger partial charge in [0.2, 0.25) is 5.82 Å². The fourth-order valence-corrected chi connectivity index (χ4v) is 2.96. The minimum Gasteiger partial charge on any atom is -0.480 e. The van der Waals surface area contributed by atoms with Crippen LogP contribution >= 0.6 is 0 Å². The van der Waals surface area contributed by atoms with Crippen LogP contribution in [-0.2, 0) is 20.7 Å². The number of carbonyl (C=O) groups is 3. The number of carboxylic acid groups (broad SMARTS) is 1. The summed E-state index contributed by atoms with van der Waals surface area (Å²) in [5.41, 5.74) is 0.968. The number of ketones is 1. The van der Waals surface area contributed by atoms with E-state index in [-0.39, 0.29) is 12.2 Å². The number of hydrogen-bond donors (Lipinski definition) is 2. The molecular formula is C22H29N5O5. The number of aliphatic carboxylic acids is 1. The van der Waals surface area contributed by atoms with Gasteiger partial charge in [-0.2, -0.15) is 0 Å². The average Bonchev–Trinajstić information content (AvgIpc) is 2.72. The predicted octanol–water partition coefficient (Wildman–Crippen LogP) is 2.97. The number of hydrogen-bond acceptors (Lipinski definition) is 8. The second-order valence-corrected chi connectivity index (χ2v) is 8.42. The van der Waals surface area contributed by atoms with Gasteiger partial charge in [0.15, 0.2) is 6.33 Å². The molecule has 1 atom stereocenters. The van der Waals surface area contributed by atoms with Crippen molar-refractivity contribution in [2.75, 3.05) is 0 Å². The molecule has 0 fully saturated rings. The van der Waals surface area contributed by atoms with E-state index in [0.29, 0.717) is 37.9 Å². The summed E-state index contributed by atoms with van der Waals surface area (Å²) in [6.07, 6.45) is 3.44. The number of carboxylic acids is 1. The van der Waals surface area contributed by atoms with Crippen LogP contribution in [0.15, 0.2) is 30.6 Å². The van der Waals surface area contributed by atoms with Gasteiger partial charge in [0, 0.05) is 18.4 Å². The predicted molar refractivity (Wildman–Crippen MR) is 116 cm³/mol. The van der Waals surface area contributed by atoms with Crippen LogP contribution in [0, 0.1) is 0 Å². The van der Waals surface area contributed by atoms with Gasteiger partial charge in [0.25, 0.3) is 0 Å². The summed E-state index contributed by atoms with van der Waals surface area (Å²) < 4.78 is 5.10. The zero-order valence-corrected chi connectivity index (χ0v) is 18.6. The van der Waals surface area contributed by atoms with Crippen molar-refractivity contribution < 1.29 is 24.2 Å². The Bertz CT molecular complexity index is 897. The number of unbranched alkanes of at least 4 members (excludes halogenated alkanes) is 2. The fraction of sp³-hybridized carbons (Fsp3) is 0.500. The zero-order valence-electron chi connectivity index (χ0n) is 18.6. The average molecular weight is 444 g/mol. The van der Waals surface area contributed by atoms with Crippen LogP contribution in [0.5, 0.6) is 0 Å². The van der Waals surface area contributed by atoms with Crippen molar-refractivity contribution in [3.63, 3.8) is 0 Å². The molecule has 2 aromatic rings. The first-order chi connectivity index (χ1) is 15.1. The Morgan fingerprint density at radius 2 is 1.69 bits per heavy atom. The van der Waals surface area contributed by atoms with Crippen LogP contribution in [0.3, 0.4) is 0 Å². The monoisotopic (exact) mass is 443 g/mol. The largest absolute Gasteiger partial charge is 0.480 e. The highest BCUT2D eigenvalue weighted by atomic mass is 16.6. The van der Waals surface area contributed by atoms with Gasteiger partial charge in [0.1, 0.15) is 17.4 Å². The summed E-state index contributed by atoms with van der Waals surface area (Å²) in [5.74, 6) is -0.576. The number of nitrogens with zero attached hydrogens (tertiary/aromatic N) is 4. The van der Waals surface area contributed by atoms with Gasteiger partial charge in [-0.1, -0.05) is 37.1 Å². The van der Waals surface area contributed by atoms with E-state index < -0.39 is 23.7 Å². The number of ether oxygens (including phenoxy) is 1. The van der Waals surface area contributed by atoms with E-state index in [1.807, 2.05) is 24.3 Å². The lowest BCUT2D eigenvalue weighted by Crippen LogP contribution is -2.43. The van der Waals surface area contributed by atoms with Gasteiger partial charge in [-0.25, -0.2) is 9.59 Å². The van der Waals surface area contributed by atoms with Crippen molar-refractivity contribution in [2.45, 2.75) is 70.9 Å². The molecule has 0 unspecified atom stereocenters. The van der Waals surface area contributed by atoms with E-state index in [2.05, 4.69) is 25.7 Å². The molecule has 2 rings (SSSR count). The smallest absolute Gasteiger partial charge is 0.408 e. The number of Topliss-reactive ketones (excluding diaryl/α,β-unsaturated/α-hetero) is 1. The maximum absolute atomic E-state index is 12.2. The number of aromatic nitrogens is 4. The fourth-order valence-electron chi connectivity index (χ4n) is 2.96. The van der Waals surface area contributed by atoms with E-state index in [9.17, 15) is 19.5 Å². The van der Waals surface area contributed by atoms with Crippen molar-refractivity contribution in [3.05, 3.63) is 36.2 Å². The summed E-state index contributed by atoms with van der Waals surface area (Å²) in [6, 6.07) is 6.33. The molecule has 0 spiro atoms. The molecule has 2 N–H and O–H groups in total.